The van der Waals surface area contributed by atoms with Crippen LogP contribution in [0.4, 0.5) is 0 Å². The third-order valence-electron chi connectivity index (χ3n) is 5.57. The van der Waals surface area contributed by atoms with Crippen molar-refractivity contribution in [2.24, 2.45) is 5.41 Å². The fourth-order valence-electron chi connectivity index (χ4n) is 3.82. The van der Waals surface area contributed by atoms with E-state index in [4.69, 9.17) is 9.84 Å². The van der Waals surface area contributed by atoms with Crippen molar-refractivity contribution in [3.8, 4) is 11.9 Å². The number of hydrogen-bond donors (Lipinski definition) is 1. The molecule has 4 rings (SSSR count). The highest BCUT2D eigenvalue weighted by Crippen LogP contribution is 2.36. The normalized spacial score (nSPS) is 17.2. The molecule has 0 radical (unpaired) electrons. The predicted molar refractivity (Wildman–Crippen MR) is 102 cm³/mol. The van der Waals surface area contributed by atoms with Crippen molar-refractivity contribution in [3.05, 3.63) is 30.7 Å². The number of hydrogen-bond acceptors (Lipinski definition) is 6. The summed E-state index contributed by atoms with van der Waals surface area (Å²) in [6.45, 7) is 5.77. The number of likely N-dealkylation sites (tertiary alicyclic amines) is 1. The fourth-order valence-corrected chi connectivity index (χ4v) is 3.82. The van der Waals surface area contributed by atoms with Crippen LogP contribution in [0.2, 0.25) is 0 Å². The highest BCUT2D eigenvalue weighted by Gasteiger charge is 2.31. The fraction of sp³-hybridized carbons (Fsp3) is 0.450. The third kappa shape index (κ3) is 3.22. The van der Waals surface area contributed by atoms with Crippen LogP contribution in [0.15, 0.2) is 30.7 Å². The first-order valence-electron chi connectivity index (χ1n) is 9.24. The zero-order valence-electron chi connectivity index (χ0n) is 15.4. The lowest BCUT2D eigenvalue weighted by atomic mass is 9.81. The van der Waals surface area contributed by atoms with Crippen LogP contribution in [0.5, 0.6) is 5.75 Å². The zero-order chi connectivity index (χ0) is 18.9. The summed E-state index contributed by atoms with van der Waals surface area (Å²) in [6, 6.07) is 3.77. The van der Waals surface area contributed by atoms with Crippen LogP contribution >= 0.6 is 0 Å². The molecule has 0 spiro atoms. The van der Waals surface area contributed by atoms with Gasteiger partial charge >= 0.3 is 0 Å². The van der Waals surface area contributed by atoms with Gasteiger partial charge in [-0.05, 0) is 38.1 Å². The topological polar surface area (TPSA) is 87.2 Å². The third-order valence-corrected chi connectivity index (χ3v) is 5.57. The second-order valence-electron chi connectivity index (χ2n) is 7.50. The lowest BCUT2D eigenvalue weighted by Gasteiger charge is -2.38. The maximum Gasteiger partial charge on any atom is 0.190 e. The summed E-state index contributed by atoms with van der Waals surface area (Å²) in [5.74, 6) is 0.754. The van der Waals surface area contributed by atoms with Crippen LogP contribution in [0.3, 0.4) is 0 Å². The number of aliphatic hydroxyl groups is 1. The maximum atomic E-state index is 9.54. The summed E-state index contributed by atoms with van der Waals surface area (Å²) in [7, 11) is 0. The van der Waals surface area contributed by atoms with E-state index in [9.17, 15) is 5.26 Å². The van der Waals surface area contributed by atoms with E-state index in [1.165, 1.54) is 4.57 Å². The number of aliphatic hydroxyl groups excluding tert-OH is 1. The van der Waals surface area contributed by atoms with Crippen molar-refractivity contribution in [2.45, 2.75) is 19.8 Å². The Morgan fingerprint density at radius 2 is 2.11 bits per heavy atom. The molecule has 1 aliphatic heterocycles. The van der Waals surface area contributed by atoms with Crippen molar-refractivity contribution >= 4 is 21.9 Å². The van der Waals surface area contributed by atoms with Gasteiger partial charge in [0.25, 0.3) is 0 Å². The predicted octanol–water partition coefficient (Wildman–Crippen LogP) is 2.39. The molecule has 3 aromatic rings. The Morgan fingerprint density at radius 3 is 2.85 bits per heavy atom. The van der Waals surface area contributed by atoms with E-state index in [-0.39, 0.29) is 12.0 Å². The number of fused-ring (bicyclic) bond motifs is 3. The van der Waals surface area contributed by atoms with Gasteiger partial charge in [0.05, 0.1) is 30.3 Å². The van der Waals surface area contributed by atoms with E-state index < -0.39 is 0 Å². The molecular weight excluding hydrogens is 342 g/mol. The molecule has 0 atom stereocenters. The van der Waals surface area contributed by atoms with E-state index >= 15 is 0 Å². The molecule has 1 fully saturated rings. The Bertz CT molecular complexity index is 999. The van der Waals surface area contributed by atoms with Crippen molar-refractivity contribution in [2.75, 3.05) is 32.8 Å². The van der Waals surface area contributed by atoms with Crippen LogP contribution in [0, 0.1) is 16.9 Å². The number of piperidine rings is 1. The molecule has 0 unspecified atom stereocenters. The SMILES string of the molecule is CC1(COc2ccnc3c2c2ccncc2n3C#N)CCN(CCO)CC1. The van der Waals surface area contributed by atoms with Crippen LogP contribution in [-0.2, 0) is 0 Å². The molecule has 0 saturated carbocycles. The van der Waals surface area contributed by atoms with Crippen molar-refractivity contribution < 1.29 is 9.84 Å². The minimum atomic E-state index is 0.0940. The summed E-state index contributed by atoms with van der Waals surface area (Å²) in [5, 5.41) is 20.4. The second-order valence-corrected chi connectivity index (χ2v) is 7.50. The van der Waals surface area contributed by atoms with Gasteiger partial charge in [0, 0.05) is 29.7 Å². The van der Waals surface area contributed by atoms with Crippen LogP contribution < -0.4 is 4.74 Å². The first-order valence-corrected chi connectivity index (χ1v) is 9.24. The van der Waals surface area contributed by atoms with Gasteiger partial charge in [0.1, 0.15) is 5.75 Å². The first kappa shape index (κ1) is 17.7. The molecule has 4 heterocycles. The zero-order valence-corrected chi connectivity index (χ0v) is 15.4. The average Bonchev–Trinajstić information content (AvgIpc) is 3.03. The average molecular weight is 365 g/mol. The van der Waals surface area contributed by atoms with E-state index in [2.05, 4.69) is 28.0 Å². The number of nitriles is 1. The standard InChI is InChI=1S/C20H23N5O2/c1-20(4-8-24(9-5-20)10-11-26)13-27-17-3-7-23-19-18(17)15-2-6-22-12-16(15)25(19)14-21/h2-3,6-7,12,26H,4-5,8-11,13H2,1H3. The van der Waals surface area contributed by atoms with Gasteiger partial charge in [0.15, 0.2) is 11.8 Å². The Hall–Kier alpha value is -2.69. The van der Waals surface area contributed by atoms with Crippen LogP contribution in [-0.4, -0.2) is 57.4 Å². The molecule has 7 nitrogen and oxygen atoms in total. The smallest absolute Gasteiger partial charge is 0.190 e. The first-order chi connectivity index (χ1) is 13.1. The monoisotopic (exact) mass is 365 g/mol. The molecule has 7 heteroatoms. The van der Waals surface area contributed by atoms with E-state index in [0.29, 0.717) is 12.3 Å². The molecule has 0 aliphatic carbocycles. The van der Waals surface area contributed by atoms with Crippen LogP contribution in [0.1, 0.15) is 19.8 Å². The largest absolute Gasteiger partial charge is 0.492 e. The molecule has 1 N–H and O–H groups in total. The second kappa shape index (κ2) is 7.14. The number of nitrogens with zero attached hydrogens (tertiary/aromatic N) is 5. The van der Waals surface area contributed by atoms with Gasteiger partial charge < -0.3 is 14.7 Å². The molecule has 0 amide bonds. The van der Waals surface area contributed by atoms with Crippen LogP contribution in [0.25, 0.3) is 21.9 Å². The Morgan fingerprint density at radius 1 is 1.30 bits per heavy atom. The van der Waals surface area contributed by atoms with Gasteiger partial charge in [-0.2, -0.15) is 5.26 Å². The molecule has 27 heavy (non-hydrogen) atoms. The summed E-state index contributed by atoms with van der Waals surface area (Å²) in [6.07, 6.45) is 9.34. The summed E-state index contributed by atoms with van der Waals surface area (Å²) >= 11 is 0. The Balaban J connectivity index is 1.61. The van der Waals surface area contributed by atoms with Crippen molar-refractivity contribution in [1.29, 1.82) is 5.26 Å². The number of ether oxygens (including phenoxy) is 1. The summed E-state index contributed by atoms with van der Waals surface area (Å²) in [5.41, 5.74) is 1.43. The molecule has 1 aliphatic rings. The Kier molecular flexibility index (Phi) is 4.68. The molecule has 0 aromatic carbocycles. The van der Waals surface area contributed by atoms with Gasteiger partial charge in [-0.1, -0.05) is 6.92 Å². The quantitative estimate of drug-likeness (QED) is 0.747. The van der Waals surface area contributed by atoms with Crippen molar-refractivity contribution in [3.63, 3.8) is 0 Å². The number of aromatic nitrogens is 3. The summed E-state index contributed by atoms with van der Waals surface area (Å²) < 4.78 is 7.77. The van der Waals surface area contributed by atoms with Crippen molar-refractivity contribution in [1.82, 2.24) is 19.4 Å². The van der Waals surface area contributed by atoms with Gasteiger partial charge in [0.2, 0.25) is 0 Å². The number of β-amino-alcohol motifs (C(OH)–C–C–N with tert-alkyl or cyclic N) is 1. The van der Waals surface area contributed by atoms with Gasteiger partial charge in [-0.25, -0.2) is 9.55 Å². The van der Waals surface area contributed by atoms with E-state index in [1.807, 2.05) is 12.1 Å². The Labute approximate surface area is 157 Å². The molecular formula is C20H23N5O2. The minimum absolute atomic E-state index is 0.0940. The van der Waals surface area contributed by atoms with Gasteiger partial charge in [-0.15, -0.1) is 0 Å². The lowest BCUT2D eigenvalue weighted by Crippen LogP contribution is -2.42. The molecule has 0 bridgehead atoms. The van der Waals surface area contributed by atoms with Gasteiger partial charge in [-0.3, -0.25) is 4.98 Å². The molecule has 3 aromatic heterocycles. The van der Waals surface area contributed by atoms with E-state index in [0.717, 1.165) is 54.5 Å². The highest BCUT2D eigenvalue weighted by molar-refractivity contribution is 6.10. The minimum Gasteiger partial charge on any atom is -0.492 e. The highest BCUT2D eigenvalue weighted by atomic mass is 16.5. The molecule has 1 saturated heterocycles. The molecule has 140 valence electrons. The number of rotatable bonds is 5. The number of pyridine rings is 2. The van der Waals surface area contributed by atoms with E-state index in [1.54, 1.807) is 18.6 Å². The maximum absolute atomic E-state index is 9.54. The lowest BCUT2D eigenvalue weighted by molar-refractivity contribution is 0.0612. The summed E-state index contributed by atoms with van der Waals surface area (Å²) in [4.78, 5) is 10.8.